The van der Waals surface area contributed by atoms with Gasteiger partial charge >= 0.3 is 0 Å². The molecule has 1 heterocycles. The van der Waals surface area contributed by atoms with E-state index in [2.05, 4.69) is 15.9 Å². The summed E-state index contributed by atoms with van der Waals surface area (Å²) in [6.07, 6.45) is 0. The van der Waals surface area contributed by atoms with Crippen LogP contribution < -0.4 is 10.2 Å². The summed E-state index contributed by atoms with van der Waals surface area (Å²) in [6, 6.07) is 22.1. The Labute approximate surface area is 169 Å². The third-order valence-electron chi connectivity index (χ3n) is 4.17. The monoisotopic (exact) mass is 440 g/mol. The second-order valence-electron chi connectivity index (χ2n) is 5.98. The molecule has 0 aliphatic carbocycles. The molecule has 0 N–H and O–H groups in total. The van der Waals surface area contributed by atoms with Crippen molar-refractivity contribution < 1.29 is 9.15 Å². The molecule has 4 rings (SSSR count). The molecular weight excluding hydrogens is 428 g/mol. The Bertz CT molecular complexity index is 1170. The summed E-state index contributed by atoms with van der Waals surface area (Å²) < 4.78 is 12.9. The van der Waals surface area contributed by atoms with Crippen LogP contribution in [0.3, 0.4) is 0 Å². The van der Waals surface area contributed by atoms with Crippen LogP contribution in [0, 0.1) is 0 Å². The van der Waals surface area contributed by atoms with Crippen molar-refractivity contribution in [2.75, 3.05) is 0 Å². The van der Waals surface area contributed by atoms with Gasteiger partial charge in [-0.2, -0.15) is 0 Å². The zero-order chi connectivity index (χ0) is 18.8. The van der Waals surface area contributed by atoms with Crippen LogP contribution in [0.5, 0.6) is 5.75 Å². The van der Waals surface area contributed by atoms with Gasteiger partial charge in [-0.1, -0.05) is 63.9 Å². The van der Waals surface area contributed by atoms with Crippen molar-refractivity contribution in [2.45, 2.75) is 6.61 Å². The predicted octanol–water partition coefficient (Wildman–Crippen LogP) is 6.45. The van der Waals surface area contributed by atoms with Gasteiger partial charge in [-0.25, -0.2) is 0 Å². The highest BCUT2D eigenvalue weighted by Crippen LogP contribution is 2.35. The van der Waals surface area contributed by atoms with Crippen molar-refractivity contribution in [3.63, 3.8) is 0 Å². The molecule has 0 unspecified atom stereocenters. The van der Waals surface area contributed by atoms with E-state index < -0.39 is 0 Å². The normalized spacial score (nSPS) is 10.9. The van der Waals surface area contributed by atoms with Crippen molar-refractivity contribution >= 4 is 38.5 Å². The smallest absolute Gasteiger partial charge is 0.235 e. The van der Waals surface area contributed by atoms with E-state index in [0.717, 1.165) is 10.0 Å². The number of halogens is 2. The topological polar surface area (TPSA) is 39.4 Å². The zero-order valence-electron chi connectivity index (χ0n) is 14.1. The minimum Gasteiger partial charge on any atom is -0.481 e. The van der Waals surface area contributed by atoms with E-state index in [0.29, 0.717) is 27.3 Å². The highest BCUT2D eigenvalue weighted by atomic mass is 79.9. The average Bonchev–Trinajstić information content (AvgIpc) is 2.69. The summed E-state index contributed by atoms with van der Waals surface area (Å²) in [5.41, 5.74) is 1.83. The highest BCUT2D eigenvalue weighted by Gasteiger charge is 2.19. The van der Waals surface area contributed by atoms with Gasteiger partial charge in [0.15, 0.2) is 5.76 Å². The lowest BCUT2D eigenvalue weighted by Crippen LogP contribution is -2.10. The molecule has 4 aromatic rings. The summed E-state index contributed by atoms with van der Waals surface area (Å²) in [7, 11) is 0. The van der Waals surface area contributed by atoms with E-state index in [1.165, 1.54) is 0 Å². The Morgan fingerprint density at radius 3 is 2.41 bits per heavy atom. The summed E-state index contributed by atoms with van der Waals surface area (Å²) >= 11 is 9.76. The minimum absolute atomic E-state index is 0.157. The molecule has 1 aromatic heterocycles. The van der Waals surface area contributed by atoms with Crippen LogP contribution in [0.25, 0.3) is 22.3 Å². The maximum Gasteiger partial charge on any atom is 0.235 e. The average molecular weight is 442 g/mol. The first-order valence-corrected chi connectivity index (χ1v) is 9.48. The van der Waals surface area contributed by atoms with E-state index in [-0.39, 0.29) is 17.8 Å². The molecule has 0 bridgehead atoms. The molecule has 0 amide bonds. The van der Waals surface area contributed by atoms with E-state index >= 15 is 0 Å². The van der Waals surface area contributed by atoms with Gasteiger partial charge in [0.2, 0.25) is 11.2 Å². The van der Waals surface area contributed by atoms with Gasteiger partial charge < -0.3 is 9.15 Å². The lowest BCUT2D eigenvalue weighted by atomic mass is 10.1. The molecule has 0 saturated carbocycles. The molecule has 0 fully saturated rings. The van der Waals surface area contributed by atoms with Gasteiger partial charge in [0, 0.05) is 10.0 Å². The van der Waals surface area contributed by atoms with Gasteiger partial charge in [-0.05, 0) is 42.0 Å². The number of ether oxygens (including phenoxy) is 1. The Balaban J connectivity index is 1.85. The summed E-state index contributed by atoms with van der Waals surface area (Å²) in [6.45, 7) is 0.244. The second-order valence-corrected chi connectivity index (χ2v) is 7.30. The molecule has 0 atom stereocenters. The fraction of sp³-hybridized carbons (Fsp3) is 0.0455. The van der Waals surface area contributed by atoms with E-state index in [1.54, 1.807) is 24.3 Å². The number of hydrogen-bond acceptors (Lipinski definition) is 3. The molecular formula is C22H14BrClO3. The Hall–Kier alpha value is -2.56. The molecule has 5 heteroatoms. The van der Waals surface area contributed by atoms with Crippen molar-refractivity contribution in [3.8, 4) is 17.1 Å². The van der Waals surface area contributed by atoms with Crippen molar-refractivity contribution in [2.24, 2.45) is 0 Å². The number of para-hydroxylation sites is 1. The molecule has 0 saturated heterocycles. The van der Waals surface area contributed by atoms with Gasteiger partial charge in [0.1, 0.15) is 12.2 Å². The maximum absolute atomic E-state index is 13.1. The van der Waals surface area contributed by atoms with Crippen molar-refractivity contribution in [1.82, 2.24) is 0 Å². The predicted molar refractivity (Wildman–Crippen MR) is 111 cm³/mol. The van der Waals surface area contributed by atoms with Crippen LogP contribution in [0.1, 0.15) is 5.56 Å². The first-order chi connectivity index (χ1) is 13.1. The van der Waals surface area contributed by atoms with Crippen LogP contribution in [0.4, 0.5) is 0 Å². The van der Waals surface area contributed by atoms with E-state index in [9.17, 15) is 4.79 Å². The Kier molecular flexibility index (Phi) is 5.01. The highest BCUT2D eigenvalue weighted by molar-refractivity contribution is 9.10. The number of fused-ring (bicyclic) bond motifs is 1. The third-order valence-corrected chi connectivity index (χ3v) is 5.03. The van der Waals surface area contributed by atoms with Crippen LogP contribution in [-0.2, 0) is 6.61 Å². The largest absolute Gasteiger partial charge is 0.481 e. The molecule has 3 nitrogen and oxygen atoms in total. The van der Waals surface area contributed by atoms with Crippen LogP contribution >= 0.6 is 27.5 Å². The molecule has 0 radical (unpaired) electrons. The fourth-order valence-electron chi connectivity index (χ4n) is 2.81. The van der Waals surface area contributed by atoms with Crippen LogP contribution in [0.15, 0.2) is 86.5 Å². The summed E-state index contributed by atoms with van der Waals surface area (Å²) in [5, 5.41) is 0.962. The van der Waals surface area contributed by atoms with Crippen molar-refractivity contribution in [1.29, 1.82) is 0 Å². The SMILES string of the molecule is O=c1c(OCc2ccc(Br)cc2)c(-c2ccccc2Cl)oc2ccccc12. The molecule has 0 aliphatic rings. The zero-order valence-corrected chi connectivity index (χ0v) is 16.5. The fourth-order valence-corrected chi connectivity index (χ4v) is 3.30. The number of benzene rings is 3. The lowest BCUT2D eigenvalue weighted by molar-refractivity contribution is 0.298. The summed E-state index contributed by atoms with van der Waals surface area (Å²) in [5.74, 6) is 0.492. The van der Waals surface area contributed by atoms with Crippen LogP contribution in [-0.4, -0.2) is 0 Å². The van der Waals surface area contributed by atoms with Gasteiger partial charge in [0.25, 0.3) is 0 Å². The number of hydrogen-bond donors (Lipinski definition) is 0. The minimum atomic E-state index is -0.219. The van der Waals surface area contributed by atoms with Crippen molar-refractivity contribution in [3.05, 3.63) is 98.1 Å². The quantitative estimate of drug-likeness (QED) is 0.365. The molecule has 134 valence electrons. The van der Waals surface area contributed by atoms with Gasteiger partial charge in [-0.3, -0.25) is 4.79 Å². The molecule has 0 aliphatic heterocycles. The first kappa shape index (κ1) is 17.8. The van der Waals surface area contributed by atoms with E-state index in [1.807, 2.05) is 48.5 Å². The molecule has 3 aromatic carbocycles. The molecule has 0 spiro atoms. The summed E-state index contributed by atoms with van der Waals surface area (Å²) in [4.78, 5) is 13.1. The van der Waals surface area contributed by atoms with Gasteiger partial charge in [-0.15, -0.1) is 0 Å². The molecule has 27 heavy (non-hydrogen) atoms. The Morgan fingerprint density at radius 1 is 0.926 bits per heavy atom. The standard InChI is InChI=1S/C22H14BrClO3/c23-15-11-9-14(10-12-15)13-26-22-20(25)17-6-2-4-8-19(17)27-21(22)16-5-1-3-7-18(16)24/h1-12H,13H2. The third kappa shape index (κ3) is 3.64. The lowest BCUT2D eigenvalue weighted by Gasteiger charge is -2.12. The number of rotatable bonds is 4. The van der Waals surface area contributed by atoms with Gasteiger partial charge in [0.05, 0.1) is 10.4 Å². The second kappa shape index (κ2) is 7.59. The maximum atomic E-state index is 13.1. The van der Waals surface area contributed by atoms with Crippen LogP contribution in [0.2, 0.25) is 5.02 Å². The Morgan fingerprint density at radius 2 is 1.63 bits per heavy atom. The first-order valence-electron chi connectivity index (χ1n) is 8.31. The van der Waals surface area contributed by atoms with E-state index in [4.69, 9.17) is 20.8 Å².